The van der Waals surface area contributed by atoms with E-state index in [2.05, 4.69) is 13.3 Å². The van der Waals surface area contributed by atoms with Gasteiger partial charge in [-0.05, 0) is 42.2 Å². The Labute approximate surface area is 199 Å². The fourth-order valence-corrected chi connectivity index (χ4v) is 4.14. The summed E-state index contributed by atoms with van der Waals surface area (Å²) in [7, 11) is 0. The summed E-state index contributed by atoms with van der Waals surface area (Å²) in [5.74, 6) is 1.95. The van der Waals surface area contributed by atoms with Crippen molar-refractivity contribution in [2.45, 2.75) is 64.2 Å². The third kappa shape index (κ3) is 5.52. The molecule has 0 heterocycles. The molecule has 1 aromatic carbocycles. The van der Waals surface area contributed by atoms with Crippen LogP contribution in [0.1, 0.15) is 69.8 Å². The van der Waals surface area contributed by atoms with Crippen molar-refractivity contribution < 1.29 is 67.3 Å². The molecular formula is C20H27ClFORb. The molecule has 0 saturated heterocycles. The fourth-order valence-electron chi connectivity index (χ4n) is 3.91. The smallest absolute Gasteiger partial charge is 0.492 e. The monoisotopic (exact) mass is 422 g/mol. The Morgan fingerprint density at radius 3 is 2.46 bits per heavy atom. The molecule has 3 rings (SSSR count). The van der Waals surface area contributed by atoms with Gasteiger partial charge in [0, 0.05) is 0 Å². The standard InChI is InChI=1S/C20H27ClFO.Rb/c1-14-7-9-15(10-8-14)13-23-18-12-11-17(20(22)19(18)21)16-5-3-2-4-6-16;/h2,11-12,14-16H,3-10,13H2,1H3;/q-1;+1. The number of ether oxygens (including phenoxy) is 1. The van der Waals surface area contributed by atoms with E-state index in [0.29, 0.717) is 24.2 Å². The molecule has 128 valence electrons. The van der Waals surface area contributed by atoms with Gasteiger partial charge >= 0.3 is 58.2 Å². The zero-order valence-corrected chi connectivity index (χ0v) is 20.7. The average Bonchev–Trinajstić information content (AvgIpc) is 2.58. The van der Waals surface area contributed by atoms with Crippen LogP contribution in [0, 0.1) is 24.1 Å². The van der Waals surface area contributed by atoms with E-state index >= 15 is 0 Å². The normalized spacial score (nSPS) is 25.1. The van der Waals surface area contributed by atoms with Crippen molar-refractivity contribution in [3.63, 3.8) is 0 Å². The Morgan fingerprint density at radius 1 is 1.12 bits per heavy atom. The Bertz CT molecular complexity index is 523. The summed E-state index contributed by atoms with van der Waals surface area (Å²) in [4.78, 5) is 0. The predicted molar refractivity (Wildman–Crippen MR) is 93.5 cm³/mol. The van der Waals surface area contributed by atoms with E-state index in [-0.39, 0.29) is 69.0 Å². The zero-order chi connectivity index (χ0) is 16.2. The molecule has 2 aliphatic rings. The summed E-state index contributed by atoms with van der Waals surface area (Å²) in [6.07, 6.45) is 11.4. The molecule has 0 aromatic heterocycles. The molecule has 0 aliphatic heterocycles. The van der Waals surface area contributed by atoms with Gasteiger partial charge in [0.15, 0.2) is 0 Å². The van der Waals surface area contributed by atoms with E-state index in [1.54, 1.807) is 0 Å². The van der Waals surface area contributed by atoms with Crippen molar-refractivity contribution in [3.8, 4) is 5.75 Å². The number of benzene rings is 1. The van der Waals surface area contributed by atoms with Gasteiger partial charge in [0.1, 0.15) is 16.6 Å². The number of hydrogen-bond donors (Lipinski definition) is 0. The first kappa shape index (κ1) is 21.3. The molecule has 24 heavy (non-hydrogen) atoms. The van der Waals surface area contributed by atoms with E-state index in [9.17, 15) is 4.39 Å². The predicted octanol–water partition coefficient (Wildman–Crippen LogP) is 3.55. The Morgan fingerprint density at radius 2 is 1.79 bits per heavy atom. The van der Waals surface area contributed by atoms with Crippen molar-refractivity contribution in [3.05, 3.63) is 35.0 Å². The van der Waals surface area contributed by atoms with Gasteiger partial charge in [0.2, 0.25) is 0 Å². The van der Waals surface area contributed by atoms with Gasteiger partial charge in [0.25, 0.3) is 0 Å². The van der Waals surface area contributed by atoms with Crippen molar-refractivity contribution in [1.29, 1.82) is 0 Å². The molecule has 1 aromatic rings. The van der Waals surface area contributed by atoms with Gasteiger partial charge in [-0.15, -0.1) is 0 Å². The van der Waals surface area contributed by atoms with Crippen LogP contribution in [-0.4, -0.2) is 6.61 Å². The molecule has 1 nitrogen and oxygen atoms in total. The minimum absolute atomic E-state index is 0. The molecule has 0 radical (unpaired) electrons. The molecule has 0 bridgehead atoms. The second-order valence-electron chi connectivity index (χ2n) is 7.36. The number of halogens is 2. The molecule has 0 N–H and O–H groups in total. The summed E-state index contributed by atoms with van der Waals surface area (Å²) in [5.41, 5.74) is 0.766. The van der Waals surface area contributed by atoms with Crippen molar-refractivity contribution in [1.82, 2.24) is 0 Å². The summed E-state index contributed by atoms with van der Waals surface area (Å²) in [5, 5.41) is 0.168. The molecular weight excluding hydrogens is 396 g/mol. The molecule has 0 spiro atoms. The molecule has 2 saturated carbocycles. The van der Waals surface area contributed by atoms with Gasteiger partial charge in [-0.1, -0.05) is 50.3 Å². The van der Waals surface area contributed by atoms with Crippen LogP contribution in [0.25, 0.3) is 0 Å². The Hall–Kier alpha value is 1.05. The molecule has 0 unspecified atom stereocenters. The molecule has 2 aliphatic carbocycles. The van der Waals surface area contributed by atoms with E-state index < -0.39 is 0 Å². The molecule has 0 amide bonds. The third-order valence-electron chi connectivity index (χ3n) is 5.57. The van der Waals surface area contributed by atoms with E-state index in [1.807, 2.05) is 12.1 Å². The van der Waals surface area contributed by atoms with Gasteiger partial charge in [-0.3, -0.25) is 0 Å². The van der Waals surface area contributed by atoms with Crippen LogP contribution in [-0.2, 0) is 0 Å². The van der Waals surface area contributed by atoms with Crippen LogP contribution in [0.3, 0.4) is 0 Å². The van der Waals surface area contributed by atoms with Crippen LogP contribution in [0.2, 0.25) is 5.02 Å². The quantitative estimate of drug-likeness (QED) is 0.674. The first-order valence-corrected chi connectivity index (χ1v) is 9.45. The summed E-state index contributed by atoms with van der Waals surface area (Å²) in [6, 6.07) is 3.75. The molecule has 4 heteroatoms. The van der Waals surface area contributed by atoms with Crippen LogP contribution in [0.15, 0.2) is 12.1 Å². The summed E-state index contributed by atoms with van der Waals surface area (Å²) < 4.78 is 20.5. The number of rotatable bonds is 4. The second-order valence-corrected chi connectivity index (χ2v) is 7.74. The SMILES string of the molecule is CC1CCC(COc2ccc(C3CC[CH-]CC3)c(F)c2Cl)CC1.[Rb+]. The van der Waals surface area contributed by atoms with Crippen LogP contribution in [0.4, 0.5) is 4.39 Å². The zero-order valence-electron chi connectivity index (χ0n) is 15.0. The van der Waals surface area contributed by atoms with Gasteiger partial charge in [-0.2, -0.15) is 12.8 Å². The maximum atomic E-state index is 14.6. The maximum absolute atomic E-state index is 14.6. The largest absolute Gasteiger partial charge is 1.00 e. The first-order valence-electron chi connectivity index (χ1n) is 9.07. The van der Waals surface area contributed by atoms with Gasteiger partial charge < -0.3 is 11.2 Å². The Kier molecular flexibility index (Phi) is 9.25. The minimum Gasteiger partial charge on any atom is -0.492 e. The topological polar surface area (TPSA) is 9.23 Å². The molecule has 2 fully saturated rings. The van der Waals surface area contributed by atoms with Crippen molar-refractivity contribution >= 4 is 11.6 Å². The molecule has 0 atom stereocenters. The van der Waals surface area contributed by atoms with Crippen LogP contribution < -0.4 is 62.9 Å². The fraction of sp³-hybridized carbons (Fsp3) is 0.650. The first-order chi connectivity index (χ1) is 11.1. The Balaban J connectivity index is 0.00000208. The average molecular weight is 423 g/mol. The van der Waals surface area contributed by atoms with Gasteiger partial charge in [-0.25, -0.2) is 4.39 Å². The summed E-state index contributed by atoms with van der Waals surface area (Å²) >= 11 is 6.25. The van der Waals surface area contributed by atoms with Crippen LogP contribution >= 0.6 is 11.6 Å². The van der Waals surface area contributed by atoms with Crippen LogP contribution in [0.5, 0.6) is 5.75 Å². The van der Waals surface area contributed by atoms with Crippen molar-refractivity contribution in [2.75, 3.05) is 6.61 Å². The van der Waals surface area contributed by atoms with E-state index in [0.717, 1.165) is 37.2 Å². The van der Waals surface area contributed by atoms with E-state index in [4.69, 9.17) is 16.3 Å². The summed E-state index contributed by atoms with van der Waals surface area (Å²) in [6.45, 7) is 2.97. The maximum Gasteiger partial charge on any atom is 1.00 e. The second kappa shape index (κ2) is 10.4. The van der Waals surface area contributed by atoms with Gasteiger partial charge in [0.05, 0.1) is 6.61 Å². The van der Waals surface area contributed by atoms with Crippen molar-refractivity contribution in [2.24, 2.45) is 11.8 Å². The third-order valence-corrected chi connectivity index (χ3v) is 5.92. The minimum atomic E-state index is -0.270. The van der Waals surface area contributed by atoms with E-state index in [1.165, 1.54) is 25.7 Å². The number of hydrogen-bond acceptors (Lipinski definition) is 1.